The molecule has 0 amide bonds. The van der Waals surface area contributed by atoms with Crippen molar-refractivity contribution in [3.05, 3.63) is 12.7 Å². The van der Waals surface area contributed by atoms with Crippen LogP contribution in [0.2, 0.25) is 0 Å². The van der Waals surface area contributed by atoms with Gasteiger partial charge < -0.3 is 30.1 Å². The number of aliphatic hydroxyl groups is 2. The van der Waals surface area contributed by atoms with E-state index in [0.717, 1.165) is 6.08 Å². The van der Waals surface area contributed by atoms with Crippen LogP contribution in [0.3, 0.4) is 0 Å². The quantitative estimate of drug-likeness (QED) is 0.341. The Morgan fingerprint density at radius 3 is 1.70 bits per heavy atom. The first-order chi connectivity index (χ1) is 9.31. The molecule has 0 fully saturated rings. The Balaban J connectivity index is -0.000000223. The normalized spacial score (nSPS) is 8.85. The van der Waals surface area contributed by atoms with Crippen LogP contribution in [0.5, 0.6) is 0 Å². The van der Waals surface area contributed by atoms with E-state index in [0.29, 0.717) is 19.8 Å². The molecule has 0 radical (unpaired) electrons. The summed E-state index contributed by atoms with van der Waals surface area (Å²) in [5, 5.41) is 31.9. The Labute approximate surface area is 118 Å². The molecule has 0 saturated carbocycles. The molecule has 0 rings (SSSR count). The molecule has 20 heavy (non-hydrogen) atoms. The maximum absolute atomic E-state index is 9.88. The molecular formula is C12H25NO7. The lowest BCUT2D eigenvalue weighted by molar-refractivity contribution is -0.137. The van der Waals surface area contributed by atoms with Crippen LogP contribution in [0.15, 0.2) is 12.7 Å². The van der Waals surface area contributed by atoms with Gasteiger partial charge in [0, 0.05) is 12.6 Å². The molecule has 0 aliphatic rings. The van der Waals surface area contributed by atoms with E-state index in [9.17, 15) is 9.59 Å². The van der Waals surface area contributed by atoms with Crippen molar-refractivity contribution >= 4 is 11.9 Å². The third-order valence-electron chi connectivity index (χ3n) is 1.42. The molecule has 8 heteroatoms. The first-order valence-corrected chi connectivity index (χ1v) is 5.83. The van der Waals surface area contributed by atoms with Crippen LogP contribution in [0, 0.1) is 0 Å². The Morgan fingerprint density at radius 1 is 1.15 bits per heavy atom. The zero-order valence-electron chi connectivity index (χ0n) is 12.0. The summed E-state index contributed by atoms with van der Waals surface area (Å²) in [5.74, 6) is -1.72. The highest BCUT2D eigenvalue weighted by Gasteiger charge is 1.95. The second-order valence-corrected chi connectivity index (χ2v) is 3.55. The van der Waals surface area contributed by atoms with Crippen LogP contribution in [0.25, 0.3) is 0 Å². The molecule has 120 valence electrons. The lowest BCUT2D eigenvalue weighted by atomic mass is 10.4. The van der Waals surface area contributed by atoms with Crippen LogP contribution in [-0.4, -0.2) is 84.3 Å². The van der Waals surface area contributed by atoms with Gasteiger partial charge in [0.1, 0.15) is 0 Å². The minimum absolute atomic E-state index is 0.0278. The van der Waals surface area contributed by atoms with Gasteiger partial charge in [-0.05, 0) is 14.1 Å². The summed E-state index contributed by atoms with van der Waals surface area (Å²) in [6.07, 6.45) is 1.06. The highest BCUT2D eigenvalue weighted by atomic mass is 16.5. The van der Waals surface area contributed by atoms with Gasteiger partial charge in [0.15, 0.2) is 0 Å². The second kappa shape index (κ2) is 19.9. The smallest absolute Gasteiger partial charge is 0.327 e. The van der Waals surface area contributed by atoms with Crippen molar-refractivity contribution in [3.8, 4) is 0 Å². The van der Waals surface area contributed by atoms with Gasteiger partial charge in [0.25, 0.3) is 0 Å². The van der Waals surface area contributed by atoms with Crippen molar-refractivity contribution in [2.24, 2.45) is 0 Å². The average Bonchev–Trinajstić information content (AvgIpc) is 2.38. The molecule has 0 aliphatic heterocycles. The maximum Gasteiger partial charge on any atom is 0.327 e. The zero-order valence-corrected chi connectivity index (χ0v) is 12.0. The first kappa shape index (κ1) is 23.6. The fourth-order valence-electron chi connectivity index (χ4n) is 0.550. The number of hydrogen-bond acceptors (Lipinski definition) is 6. The van der Waals surface area contributed by atoms with Gasteiger partial charge in [0.2, 0.25) is 0 Å². The highest BCUT2D eigenvalue weighted by Crippen LogP contribution is 1.80. The van der Waals surface area contributed by atoms with Gasteiger partial charge in [-0.3, -0.25) is 4.79 Å². The van der Waals surface area contributed by atoms with E-state index in [2.05, 4.69) is 11.3 Å². The maximum atomic E-state index is 9.88. The number of rotatable bonds is 8. The molecule has 0 atom stereocenters. The minimum Gasteiger partial charge on any atom is -0.481 e. The Kier molecular flexibility index (Phi) is 23.4. The SMILES string of the molecule is C=CC(=O)O.CN(C)CCC(=O)O.OCCOCCO. The molecule has 0 heterocycles. The van der Waals surface area contributed by atoms with Gasteiger partial charge >= 0.3 is 11.9 Å². The van der Waals surface area contributed by atoms with Crippen LogP contribution in [0.1, 0.15) is 6.42 Å². The largest absolute Gasteiger partial charge is 0.481 e. The van der Waals surface area contributed by atoms with E-state index in [4.69, 9.17) is 20.4 Å². The second-order valence-electron chi connectivity index (χ2n) is 3.55. The van der Waals surface area contributed by atoms with Crippen molar-refractivity contribution in [3.63, 3.8) is 0 Å². The number of carbonyl (C=O) groups is 2. The van der Waals surface area contributed by atoms with Crippen molar-refractivity contribution in [1.82, 2.24) is 4.90 Å². The monoisotopic (exact) mass is 295 g/mol. The standard InChI is InChI=1S/C5H11NO2.C4H10O3.C3H4O2/c1-6(2)4-3-5(7)8;5-1-3-7-4-2-6;1-2-3(4)5/h3-4H2,1-2H3,(H,7,8);5-6H,1-4H2;2H,1H2,(H,4,5). The lowest BCUT2D eigenvalue weighted by Crippen LogP contribution is -2.15. The fourth-order valence-corrected chi connectivity index (χ4v) is 0.550. The summed E-state index contributed by atoms with van der Waals surface area (Å²) in [6.45, 7) is 4.28. The number of aliphatic hydroxyl groups excluding tert-OH is 2. The molecule has 0 bridgehead atoms. The molecular weight excluding hydrogens is 270 g/mol. The third kappa shape index (κ3) is 43.9. The number of carboxylic acids is 2. The minimum atomic E-state index is -0.981. The number of carboxylic acid groups (broad SMARTS) is 2. The van der Waals surface area contributed by atoms with E-state index in [1.54, 1.807) is 0 Å². The summed E-state index contributed by atoms with van der Waals surface area (Å²) >= 11 is 0. The van der Waals surface area contributed by atoms with Crippen molar-refractivity contribution < 1.29 is 34.8 Å². The number of ether oxygens (including phenoxy) is 1. The summed E-state index contributed by atoms with van der Waals surface area (Å²) < 4.78 is 4.63. The Bertz CT molecular complexity index is 240. The third-order valence-corrected chi connectivity index (χ3v) is 1.42. The van der Waals surface area contributed by atoms with E-state index in [1.165, 1.54) is 0 Å². The van der Waals surface area contributed by atoms with Gasteiger partial charge in [-0.1, -0.05) is 6.58 Å². The lowest BCUT2D eigenvalue weighted by Gasteiger charge is -2.04. The molecule has 4 N–H and O–H groups in total. The molecule has 0 aromatic rings. The average molecular weight is 295 g/mol. The molecule has 0 saturated heterocycles. The first-order valence-electron chi connectivity index (χ1n) is 5.83. The zero-order chi connectivity index (χ0) is 16.4. The predicted molar refractivity (Wildman–Crippen MR) is 73.6 cm³/mol. The molecule has 0 spiro atoms. The van der Waals surface area contributed by atoms with Crippen LogP contribution < -0.4 is 0 Å². The van der Waals surface area contributed by atoms with Gasteiger partial charge in [0.05, 0.1) is 32.8 Å². The molecule has 0 aromatic carbocycles. The predicted octanol–water partition coefficient (Wildman–Crippen LogP) is -0.733. The molecule has 0 aromatic heterocycles. The van der Waals surface area contributed by atoms with Gasteiger partial charge in [-0.2, -0.15) is 0 Å². The Hall–Kier alpha value is -1.48. The number of nitrogens with zero attached hydrogens (tertiary/aromatic N) is 1. The summed E-state index contributed by atoms with van der Waals surface area (Å²) in [5.41, 5.74) is 0. The van der Waals surface area contributed by atoms with E-state index in [1.807, 2.05) is 19.0 Å². The van der Waals surface area contributed by atoms with Crippen molar-refractivity contribution in [2.75, 3.05) is 47.1 Å². The topological polar surface area (TPSA) is 128 Å². The number of aliphatic carboxylic acids is 2. The number of hydrogen-bond donors (Lipinski definition) is 4. The van der Waals surface area contributed by atoms with Crippen LogP contribution in [0.4, 0.5) is 0 Å². The molecule has 0 unspecified atom stereocenters. The van der Waals surface area contributed by atoms with Crippen LogP contribution >= 0.6 is 0 Å². The molecule has 8 nitrogen and oxygen atoms in total. The van der Waals surface area contributed by atoms with Gasteiger partial charge in [-0.25, -0.2) is 4.79 Å². The summed E-state index contributed by atoms with van der Waals surface area (Å²) in [4.78, 5) is 21.0. The van der Waals surface area contributed by atoms with Crippen molar-refractivity contribution in [2.45, 2.75) is 6.42 Å². The van der Waals surface area contributed by atoms with Gasteiger partial charge in [-0.15, -0.1) is 0 Å². The van der Waals surface area contributed by atoms with Crippen molar-refractivity contribution in [1.29, 1.82) is 0 Å². The van der Waals surface area contributed by atoms with E-state index >= 15 is 0 Å². The summed E-state index contributed by atoms with van der Waals surface area (Å²) in [7, 11) is 3.70. The highest BCUT2D eigenvalue weighted by molar-refractivity contribution is 5.78. The summed E-state index contributed by atoms with van der Waals surface area (Å²) in [6, 6.07) is 0. The van der Waals surface area contributed by atoms with E-state index < -0.39 is 11.9 Å². The molecule has 0 aliphatic carbocycles. The van der Waals surface area contributed by atoms with Crippen LogP contribution in [-0.2, 0) is 14.3 Å². The Morgan fingerprint density at radius 2 is 1.55 bits per heavy atom. The van der Waals surface area contributed by atoms with E-state index in [-0.39, 0.29) is 19.6 Å². The fraction of sp³-hybridized carbons (Fsp3) is 0.667.